The molecule has 0 spiro atoms. The van der Waals surface area contributed by atoms with Crippen LogP contribution in [0.1, 0.15) is 15.9 Å². The average Bonchev–Trinajstić information content (AvgIpc) is 3.16. The summed E-state index contributed by atoms with van der Waals surface area (Å²) in [5, 5.41) is 9.23. The molecule has 0 bridgehead atoms. The van der Waals surface area contributed by atoms with E-state index in [0.29, 0.717) is 17.3 Å². The summed E-state index contributed by atoms with van der Waals surface area (Å²) in [4.78, 5) is 18.9. The lowest BCUT2D eigenvalue weighted by atomic mass is 10.1. The van der Waals surface area contributed by atoms with Crippen molar-refractivity contribution >= 4 is 17.1 Å². The molecule has 2 aromatic heterocycles. The topological polar surface area (TPSA) is 80.1 Å². The van der Waals surface area contributed by atoms with Crippen molar-refractivity contribution in [3.63, 3.8) is 0 Å². The summed E-state index contributed by atoms with van der Waals surface area (Å²) < 4.78 is 7.72. The maximum atomic E-state index is 11.3. The summed E-state index contributed by atoms with van der Waals surface area (Å²) in [5.41, 5.74) is 4.67. The van der Waals surface area contributed by atoms with E-state index in [0.717, 1.165) is 22.4 Å². The summed E-state index contributed by atoms with van der Waals surface area (Å²) in [5.74, 6) is -0.555. The SMILES string of the molecule is Cc1ccc(Oc2nc3c(cc(-c4ccccc4)n3C)[nH]2)cc1C(=O)O. The van der Waals surface area contributed by atoms with Crippen LogP contribution in [0.25, 0.3) is 22.4 Å². The van der Waals surface area contributed by atoms with Gasteiger partial charge < -0.3 is 19.4 Å². The van der Waals surface area contributed by atoms with Gasteiger partial charge in [-0.25, -0.2) is 4.79 Å². The Morgan fingerprint density at radius 1 is 1.15 bits per heavy atom. The molecule has 4 rings (SSSR count). The smallest absolute Gasteiger partial charge is 0.336 e. The van der Waals surface area contributed by atoms with Crippen LogP contribution in [0.4, 0.5) is 0 Å². The standard InChI is InChI=1S/C20H17N3O3/c1-12-8-9-14(10-15(12)19(24)25)26-20-21-16-11-17(23(2)18(16)22-20)13-6-4-3-5-7-13/h3-11H,1-2H3,(H,21,22)(H,24,25). The molecule has 130 valence electrons. The molecule has 0 atom stereocenters. The number of nitrogens with zero attached hydrogens (tertiary/aromatic N) is 2. The van der Waals surface area contributed by atoms with Crippen molar-refractivity contribution in [1.29, 1.82) is 0 Å². The molecule has 0 saturated carbocycles. The summed E-state index contributed by atoms with van der Waals surface area (Å²) in [6.07, 6.45) is 0. The van der Waals surface area contributed by atoms with Gasteiger partial charge in [0.05, 0.1) is 16.8 Å². The molecule has 0 aliphatic heterocycles. The zero-order valence-corrected chi connectivity index (χ0v) is 14.4. The van der Waals surface area contributed by atoms with Gasteiger partial charge in [-0.15, -0.1) is 0 Å². The second kappa shape index (κ2) is 6.07. The third-order valence-corrected chi connectivity index (χ3v) is 4.37. The van der Waals surface area contributed by atoms with Crippen LogP contribution in [0.2, 0.25) is 0 Å². The molecule has 0 unspecified atom stereocenters. The number of fused-ring (bicyclic) bond motifs is 1. The first-order valence-electron chi connectivity index (χ1n) is 8.15. The fourth-order valence-electron chi connectivity index (χ4n) is 3.00. The van der Waals surface area contributed by atoms with Gasteiger partial charge >= 0.3 is 12.0 Å². The van der Waals surface area contributed by atoms with Crippen molar-refractivity contribution in [2.75, 3.05) is 0 Å². The molecule has 6 nitrogen and oxygen atoms in total. The number of aromatic carboxylic acids is 1. The van der Waals surface area contributed by atoms with Crippen LogP contribution in [0.15, 0.2) is 54.6 Å². The van der Waals surface area contributed by atoms with Crippen LogP contribution in [0, 0.1) is 6.92 Å². The zero-order chi connectivity index (χ0) is 18.3. The minimum atomic E-state index is -0.981. The second-order valence-corrected chi connectivity index (χ2v) is 6.12. The van der Waals surface area contributed by atoms with Gasteiger partial charge in [-0.3, -0.25) is 0 Å². The number of imidazole rings is 1. The molecule has 4 aromatic rings. The molecule has 6 heteroatoms. The number of nitrogens with one attached hydrogen (secondary N) is 1. The number of aromatic nitrogens is 3. The maximum absolute atomic E-state index is 11.3. The van der Waals surface area contributed by atoms with E-state index >= 15 is 0 Å². The van der Waals surface area contributed by atoms with Gasteiger partial charge in [-0.1, -0.05) is 36.4 Å². The Morgan fingerprint density at radius 3 is 2.62 bits per heavy atom. The van der Waals surface area contributed by atoms with E-state index in [1.54, 1.807) is 19.1 Å². The van der Waals surface area contributed by atoms with Crippen LogP contribution in [0.5, 0.6) is 11.8 Å². The summed E-state index contributed by atoms with van der Waals surface area (Å²) >= 11 is 0. The Balaban J connectivity index is 1.67. The largest absolute Gasteiger partial charge is 0.478 e. The second-order valence-electron chi connectivity index (χ2n) is 6.12. The lowest BCUT2D eigenvalue weighted by Gasteiger charge is -2.06. The first-order chi connectivity index (χ1) is 12.5. The predicted molar refractivity (Wildman–Crippen MR) is 98.7 cm³/mol. The van der Waals surface area contributed by atoms with Gasteiger partial charge in [0.15, 0.2) is 5.65 Å². The first kappa shape index (κ1) is 16.0. The van der Waals surface area contributed by atoms with Crippen LogP contribution < -0.4 is 4.74 Å². The van der Waals surface area contributed by atoms with E-state index in [1.165, 1.54) is 6.07 Å². The van der Waals surface area contributed by atoms with Gasteiger partial charge in [-0.05, 0) is 36.2 Å². The van der Waals surface area contributed by atoms with E-state index in [1.807, 2.05) is 48.0 Å². The number of H-pyrrole nitrogens is 1. The molecule has 0 amide bonds. The first-order valence-corrected chi connectivity index (χ1v) is 8.15. The van der Waals surface area contributed by atoms with Gasteiger partial charge in [-0.2, -0.15) is 4.98 Å². The number of aryl methyl sites for hydroxylation is 2. The highest BCUT2D eigenvalue weighted by Gasteiger charge is 2.14. The Morgan fingerprint density at radius 2 is 1.92 bits per heavy atom. The summed E-state index contributed by atoms with van der Waals surface area (Å²) in [6, 6.07) is 17.4. The number of aromatic amines is 1. The highest BCUT2D eigenvalue weighted by molar-refractivity contribution is 5.89. The van der Waals surface area contributed by atoms with E-state index in [-0.39, 0.29) is 5.56 Å². The molecule has 0 aliphatic rings. The molecular weight excluding hydrogens is 330 g/mol. The van der Waals surface area contributed by atoms with Crippen molar-refractivity contribution in [3.8, 4) is 23.0 Å². The Bertz CT molecular complexity index is 1110. The number of hydrogen-bond acceptors (Lipinski definition) is 3. The molecular formula is C20H17N3O3. The molecule has 2 heterocycles. The van der Waals surface area contributed by atoms with Crippen molar-refractivity contribution in [3.05, 3.63) is 65.7 Å². The third-order valence-electron chi connectivity index (χ3n) is 4.37. The average molecular weight is 347 g/mol. The fourth-order valence-corrected chi connectivity index (χ4v) is 3.00. The Labute approximate surface area is 149 Å². The quantitative estimate of drug-likeness (QED) is 0.574. The highest BCUT2D eigenvalue weighted by Crippen LogP contribution is 2.29. The minimum Gasteiger partial charge on any atom is -0.478 e. The monoisotopic (exact) mass is 347 g/mol. The summed E-state index contributed by atoms with van der Waals surface area (Å²) in [7, 11) is 1.95. The minimum absolute atomic E-state index is 0.213. The van der Waals surface area contributed by atoms with Crippen LogP contribution >= 0.6 is 0 Å². The van der Waals surface area contributed by atoms with Gasteiger partial charge in [0, 0.05) is 7.05 Å². The van der Waals surface area contributed by atoms with Crippen molar-refractivity contribution < 1.29 is 14.6 Å². The van der Waals surface area contributed by atoms with Crippen molar-refractivity contribution in [2.45, 2.75) is 6.92 Å². The normalized spacial score (nSPS) is 11.0. The number of benzene rings is 2. The third kappa shape index (κ3) is 2.71. The van der Waals surface area contributed by atoms with Gasteiger partial charge in [0.25, 0.3) is 0 Å². The molecule has 2 aromatic carbocycles. The molecule has 0 aliphatic carbocycles. The van der Waals surface area contributed by atoms with E-state index in [4.69, 9.17) is 4.74 Å². The number of ether oxygens (including phenoxy) is 1. The number of hydrogen-bond donors (Lipinski definition) is 2. The number of carboxylic acids is 1. The number of rotatable bonds is 4. The van der Waals surface area contributed by atoms with Gasteiger partial charge in [0.1, 0.15) is 5.75 Å². The predicted octanol–water partition coefficient (Wildman–Crippen LogP) is 4.37. The summed E-state index contributed by atoms with van der Waals surface area (Å²) in [6.45, 7) is 1.75. The molecule has 26 heavy (non-hydrogen) atoms. The Hall–Kier alpha value is -3.54. The maximum Gasteiger partial charge on any atom is 0.336 e. The molecule has 0 saturated heterocycles. The van der Waals surface area contributed by atoms with E-state index in [9.17, 15) is 9.90 Å². The van der Waals surface area contributed by atoms with Crippen molar-refractivity contribution in [1.82, 2.24) is 14.5 Å². The fraction of sp³-hybridized carbons (Fsp3) is 0.100. The highest BCUT2D eigenvalue weighted by atomic mass is 16.5. The van der Waals surface area contributed by atoms with Crippen molar-refractivity contribution in [2.24, 2.45) is 7.05 Å². The lowest BCUT2D eigenvalue weighted by Crippen LogP contribution is -2.00. The molecule has 0 fully saturated rings. The van der Waals surface area contributed by atoms with Crippen LogP contribution in [-0.4, -0.2) is 25.6 Å². The lowest BCUT2D eigenvalue weighted by molar-refractivity contribution is 0.0695. The van der Waals surface area contributed by atoms with E-state index < -0.39 is 5.97 Å². The number of carboxylic acid groups (broad SMARTS) is 1. The van der Waals surface area contributed by atoms with E-state index in [2.05, 4.69) is 9.97 Å². The molecule has 0 radical (unpaired) electrons. The molecule has 2 N–H and O–H groups in total. The number of carbonyl (C=O) groups is 1. The van der Waals surface area contributed by atoms with Crippen LogP contribution in [0.3, 0.4) is 0 Å². The zero-order valence-electron chi connectivity index (χ0n) is 14.4. The van der Waals surface area contributed by atoms with Crippen LogP contribution in [-0.2, 0) is 7.05 Å². The Kier molecular flexibility index (Phi) is 3.73. The van der Waals surface area contributed by atoms with Gasteiger partial charge in [0.2, 0.25) is 0 Å².